The van der Waals surface area contributed by atoms with Gasteiger partial charge in [0.25, 0.3) is 0 Å². The van der Waals surface area contributed by atoms with Crippen molar-refractivity contribution < 1.29 is 4.79 Å². The van der Waals surface area contributed by atoms with Crippen molar-refractivity contribution in [2.75, 3.05) is 5.84 Å². The largest absolute Gasteiger partial charge is 0.335 e. The molecule has 0 fully saturated rings. The summed E-state index contributed by atoms with van der Waals surface area (Å²) in [6.45, 7) is 10.6. The van der Waals surface area contributed by atoms with E-state index in [1.807, 2.05) is 94.1 Å². The third-order valence-electron chi connectivity index (χ3n) is 4.86. The molecule has 0 aliphatic carbocycles. The molecule has 6 nitrogen and oxygen atoms in total. The van der Waals surface area contributed by atoms with E-state index in [0.29, 0.717) is 17.5 Å². The number of thioether (sulfide) groups is 1. The molecule has 0 aliphatic rings. The first-order chi connectivity index (χ1) is 14.2. The maximum Gasteiger partial charge on any atom is 0.236 e. The van der Waals surface area contributed by atoms with Crippen LogP contribution in [0.25, 0.3) is 11.4 Å². The Bertz CT molecular complexity index is 993. The molecule has 1 amide bonds. The lowest BCUT2D eigenvalue weighted by Crippen LogP contribution is -2.48. The number of amides is 1. The van der Waals surface area contributed by atoms with Crippen LogP contribution in [0.3, 0.4) is 0 Å². The van der Waals surface area contributed by atoms with Gasteiger partial charge in [0.15, 0.2) is 5.82 Å². The smallest absolute Gasteiger partial charge is 0.236 e. The average molecular weight is 424 g/mol. The number of hydrogen-bond donors (Lipinski definition) is 1. The van der Waals surface area contributed by atoms with Crippen molar-refractivity contribution in [3.05, 3.63) is 65.7 Å². The molecule has 0 aliphatic heterocycles. The van der Waals surface area contributed by atoms with Gasteiger partial charge in [-0.1, -0.05) is 71.9 Å². The lowest BCUT2D eigenvalue weighted by molar-refractivity contribution is -0.135. The summed E-state index contributed by atoms with van der Waals surface area (Å²) in [6, 6.07) is 18.0. The molecule has 1 heterocycles. The summed E-state index contributed by atoms with van der Waals surface area (Å²) in [5, 5.41) is 8.61. The van der Waals surface area contributed by atoms with Gasteiger partial charge in [-0.15, -0.1) is 10.2 Å². The Morgan fingerprint density at radius 3 is 2.33 bits per heavy atom. The van der Waals surface area contributed by atoms with E-state index >= 15 is 0 Å². The first-order valence-corrected chi connectivity index (χ1v) is 10.8. The van der Waals surface area contributed by atoms with Gasteiger partial charge >= 0.3 is 0 Å². The first-order valence-electron chi connectivity index (χ1n) is 9.96. The lowest BCUT2D eigenvalue weighted by Gasteiger charge is -2.37. The number of nitrogen functional groups attached to an aromatic ring is 1. The molecule has 158 valence electrons. The van der Waals surface area contributed by atoms with Crippen molar-refractivity contribution in [3.63, 3.8) is 0 Å². The number of nitrogens with zero attached hydrogens (tertiary/aromatic N) is 4. The maximum absolute atomic E-state index is 13.3. The number of aryl methyl sites for hydroxylation is 1. The van der Waals surface area contributed by atoms with Crippen molar-refractivity contribution in [2.45, 2.75) is 57.1 Å². The van der Waals surface area contributed by atoms with E-state index < -0.39 is 0 Å². The Balaban J connectivity index is 1.77. The molecule has 2 N–H and O–H groups in total. The van der Waals surface area contributed by atoms with Gasteiger partial charge in [0, 0.05) is 17.6 Å². The molecule has 0 bridgehead atoms. The van der Waals surface area contributed by atoms with Gasteiger partial charge in [0.2, 0.25) is 11.1 Å². The summed E-state index contributed by atoms with van der Waals surface area (Å²) >= 11 is 1.33. The number of benzene rings is 2. The van der Waals surface area contributed by atoms with Crippen LogP contribution in [0.2, 0.25) is 0 Å². The molecule has 1 aromatic heterocycles. The van der Waals surface area contributed by atoms with Gasteiger partial charge in [0.05, 0.1) is 5.25 Å². The number of aromatic nitrogens is 3. The highest BCUT2D eigenvalue weighted by Gasteiger charge is 2.31. The minimum Gasteiger partial charge on any atom is -0.335 e. The summed E-state index contributed by atoms with van der Waals surface area (Å²) in [7, 11) is 0. The molecule has 0 saturated carbocycles. The van der Waals surface area contributed by atoms with Crippen LogP contribution < -0.4 is 5.84 Å². The summed E-state index contributed by atoms with van der Waals surface area (Å²) in [5.41, 5.74) is 2.84. The van der Waals surface area contributed by atoms with Crippen LogP contribution >= 0.6 is 11.8 Å². The van der Waals surface area contributed by atoms with Gasteiger partial charge in [-0.3, -0.25) is 4.79 Å². The predicted octanol–water partition coefficient (Wildman–Crippen LogP) is 4.28. The zero-order chi connectivity index (χ0) is 21.9. The zero-order valence-electron chi connectivity index (χ0n) is 18.2. The van der Waals surface area contributed by atoms with E-state index in [0.717, 1.165) is 16.7 Å². The third-order valence-corrected chi connectivity index (χ3v) is 5.91. The topological polar surface area (TPSA) is 77.0 Å². The molecular weight excluding hydrogens is 394 g/mol. The van der Waals surface area contributed by atoms with Crippen LogP contribution in [-0.2, 0) is 11.3 Å². The molecule has 30 heavy (non-hydrogen) atoms. The maximum atomic E-state index is 13.3. The zero-order valence-corrected chi connectivity index (χ0v) is 19.0. The highest BCUT2D eigenvalue weighted by atomic mass is 32.2. The summed E-state index contributed by atoms with van der Waals surface area (Å²) < 4.78 is 1.46. The molecule has 7 heteroatoms. The second kappa shape index (κ2) is 8.92. The minimum absolute atomic E-state index is 0.0382. The molecular formula is C23H29N5OS. The number of hydrogen-bond acceptors (Lipinski definition) is 5. The van der Waals surface area contributed by atoms with Gasteiger partial charge in [-0.25, -0.2) is 4.68 Å². The van der Waals surface area contributed by atoms with Gasteiger partial charge < -0.3 is 10.7 Å². The van der Waals surface area contributed by atoms with Crippen molar-refractivity contribution in [1.82, 2.24) is 19.8 Å². The summed E-state index contributed by atoms with van der Waals surface area (Å²) in [5.74, 6) is 6.87. The standard InChI is InChI=1S/C23H29N5OS/c1-16-11-13-19(14-12-16)20-25-26-22(28(20)24)30-17(2)21(29)27(23(3,4)5)15-18-9-7-6-8-10-18/h6-14,17H,15,24H2,1-5H3/t17-/m0/s1. The Morgan fingerprint density at radius 2 is 1.73 bits per heavy atom. The Morgan fingerprint density at radius 1 is 1.10 bits per heavy atom. The van der Waals surface area contributed by atoms with E-state index in [1.54, 1.807) is 0 Å². The van der Waals surface area contributed by atoms with E-state index in [4.69, 9.17) is 5.84 Å². The molecule has 0 spiro atoms. The van der Waals surface area contributed by atoms with E-state index in [2.05, 4.69) is 10.2 Å². The van der Waals surface area contributed by atoms with Crippen LogP contribution in [0.15, 0.2) is 59.8 Å². The van der Waals surface area contributed by atoms with Crippen LogP contribution in [-0.4, -0.2) is 36.5 Å². The van der Waals surface area contributed by atoms with Crippen molar-refractivity contribution in [2.24, 2.45) is 0 Å². The summed E-state index contributed by atoms with van der Waals surface area (Å²) in [4.78, 5) is 15.2. The fraction of sp³-hybridized carbons (Fsp3) is 0.348. The molecule has 3 rings (SSSR count). The SMILES string of the molecule is Cc1ccc(-c2nnc(S[C@@H](C)C(=O)N(Cc3ccccc3)C(C)(C)C)n2N)cc1. The Kier molecular flexibility index (Phi) is 6.51. The summed E-state index contributed by atoms with van der Waals surface area (Å²) in [6.07, 6.45) is 0. The van der Waals surface area contributed by atoms with Crippen LogP contribution in [0.4, 0.5) is 0 Å². The number of carbonyl (C=O) groups is 1. The van der Waals surface area contributed by atoms with E-state index in [1.165, 1.54) is 16.4 Å². The quantitative estimate of drug-likeness (QED) is 0.473. The highest BCUT2D eigenvalue weighted by molar-refractivity contribution is 8.00. The number of rotatable bonds is 6. The van der Waals surface area contributed by atoms with E-state index in [-0.39, 0.29) is 16.7 Å². The molecule has 0 saturated heterocycles. The normalized spacial score (nSPS) is 12.6. The minimum atomic E-state index is -0.356. The predicted molar refractivity (Wildman–Crippen MR) is 122 cm³/mol. The van der Waals surface area contributed by atoms with Crippen molar-refractivity contribution >= 4 is 17.7 Å². The van der Waals surface area contributed by atoms with Crippen LogP contribution in [0.5, 0.6) is 0 Å². The Labute approximate surface area is 182 Å². The molecule has 2 aromatic carbocycles. The fourth-order valence-corrected chi connectivity index (χ4v) is 3.93. The van der Waals surface area contributed by atoms with Gasteiger partial charge in [-0.2, -0.15) is 0 Å². The van der Waals surface area contributed by atoms with E-state index in [9.17, 15) is 4.79 Å². The number of carbonyl (C=O) groups excluding carboxylic acids is 1. The average Bonchev–Trinajstić information content (AvgIpc) is 3.06. The molecule has 1 atom stereocenters. The van der Waals surface area contributed by atoms with Crippen LogP contribution in [0, 0.1) is 6.92 Å². The Hall–Kier alpha value is -2.80. The first kappa shape index (κ1) is 21.9. The fourth-order valence-electron chi connectivity index (χ4n) is 3.10. The van der Waals surface area contributed by atoms with Crippen molar-refractivity contribution in [1.29, 1.82) is 0 Å². The van der Waals surface area contributed by atoms with Gasteiger partial charge in [-0.05, 0) is 40.2 Å². The second-order valence-corrected chi connectivity index (χ2v) is 9.69. The van der Waals surface area contributed by atoms with Crippen LogP contribution in [0.1, 0.15) is 38.8 Å². The lowest BCUT2D eigenvalue weighted by atomic mass is 10.0. The monoisotopic (exact) mass is 423 g/mol. The number of nitrogens with two attached hydrogens (primary N) is 1. The van der Waals surface area contributed by atoms with Crippen molar-refractivity contribution in [3.8, 4) is 11.4 Å². The molecule has 3 aromatic rings. The third kappa shape index (κ3) is 5.02. The highest BCUT2D eigenvalue weighted by Crippen LogP contribution is 2.28. The second-order valence-electron chi connectivity index (χ2n) is 8.38. The molecule has 0 unspecified atom stereocenters. The van der Waals surface area contributed by atoms with Gasteiger partial charge in [0.1, 0.15) is 0 Å². The molecule has 0 radical (unpaired) electrons.